The molecule has 2 N–H and O–H groups in total. The first-order chi connectivity index (χ1) is 14.1. The number of ether oxygens (including phenoxy) is 2. The number of esters is 1. The first-order valence-corrected chi connectivity index (χ1v) is 9.98. The van der Waals surface area contributed by atoms with Crippen molar-refractivity contribution in [3.8, 4) is 0 Å². The van der Waals surface area contributed by atoms with Crippen molar-refractivity contribution in [3.05, 3.63) is 35.8 Å². The molecule has 1 saturated heterocycles. The van der Waals surface area contributed by atoms with Gasteiger partial charge in [0.05, 0.1) is 18.2 Å². The van der Waals surface area contributed by atoms with Gasteiger partial charge in [-0.05, 0) is 43.7 Å². The largest absolute Gasteiger partial charge is 0.473 e. The first-order valence-electron chi connectivity index (χ1n) is 9.98. The first kappa shape index (κ1) is 19.4. The van der Waals surface area contributed by atoms with E-state index in [-0.39, 0.29) is 31.6 Å². The Morgan fingerprint density at radius 2 is 2.10 bits per heavy atom. The minimum atomic E-state index is -0.811. The van der Waals surface area contributed by atoms with E-state index in [0.717, 1.165) is 11.3 Å². The Bertz CT molecular complexity index is 936. The molecule has 2 aliphatic rings. The summed E-state index contributed by atoms with van der Waals surface area (Å²) in [5.41, 5.74) is 5.95. The van der Waals surface area contributed by atoms with Crippen molar-refractivity contribution < 1.29 is 19.1 Å². The molecule has 2 fully saturated rings. The minimum Gasteiger partial charge on any atom is -0.473 e. The summed E-state index contributed by atoms with van der Waals surface area (Å²) in [6.45, 7) is 2.81. The number of hydrogen-bond acceptors (Lipinski definition) is 7. The Morgan fingerprint density at radius 3 is 2.86 bits per heavy atom. The molecule has 1 amide bonds. The second kappa shape index (κ2) is 8.20. The number of hydrogen-bond donors (Lipinski definition) is 2. The summed E-state index contributed by atoms with van der Waals surface area (Å²) in [5.74, 6) is -0.967. The van der Waals surface area contributed by atoms with E-state index in [1.807, 2.05) is 16.7 Å². The van der Waals surface area contributed by atoms with Crippen LogP contribution < -0.4 is 5.43 Å². The van der Waals surface area contributed by atoms with E-state index in [2.05, 4.69) is 22.7 Å². The zero-order chi connectivity index (χ0) is 20.4. The number of carbonyl (C=O) groups excluding carboxylic acids is 2. The second-order valence-electron chi connectivity index (χ2n) is 7.31. The van der Waals surface area contributed by atoms with Crippen LogP contribution in [0.15, 0.2) is 24.5 Å². The third kappa shape index (κ3) is 4.24. The van der Waals surface area contributed by atoms with E-state index in [9.17, 15) is 9.59 Å². The number of amides is 1. The van der Waals surface area contributed by atoms with Crippen LogP contribution in [0.1, 0.15) is 49.3 Å². The lowest BCUT2D eigenvalue weighted by molar-refractivity contribution is -0.137. The summed E-state index contributed by atoms with van der Waals surface area (Å²) in [6, 6.07) is 4.14. The zero-order valence-corrected chi connectivity index (χ0v) is 16.4. The lowest BCUT2D eigenvalue weighted by Gasteiger charge is -2.17. The van der Waals surface area contributed by atoms with E-state index in [1.54, 1.807) is 11.9 Å². The Morgan fingerprint density at radius 1 is 1.28 bits per heavy atom. The number of imidazole rings is 1. The number of fused-ring (bicyclic) bond motifs is 1. The lowest BCUT2D eigenvalue weighted by atomic mass is 10.1. The number of hydrazine groups is 1. The molecule has 154 valence electrons. The molecule has 1 saturated carbocycles. The number of nitrogens with one attached hydrogen (secondary N) is 2. The van der Waals surface area contributed by atoms with Crippen LogP contribution in [0.3, 0.4) is 0 Å². The van der Waals surface area contributed by atoms with Gasteiger partial charge in [0.2, 0.25) is 5.91 Å². The highest BCUT2D eigenvalue weighted by Gasteiger charge is 2.34. The summed E-state index contributed by atoms with van der Waals surface area (Å²) in [5, 5.41) is 8.89. The van der Waals surface area contributed by atoms with Gasteiger partial charge >= 0.3 is 5.97 Å². The van der Waals surface area contributed by atoms with Crippen LogP contribution in [-0.2, 0) is 19.1 Å². The maximum atomic E-state index is 12.7. The van der Waals surface area contributed by atoms with Crippen molar-refractivity contribution in [2.45, 2.75) is 38.0 Å². The fourth-order valence-electron chi connectivity index (χ4n) is 3.56. The van der Waals surface area contributed by atoms with E-state index in [1.165, 1.54) is 18.4 Å². The molecule has 2 aromatic heterocycles. The van der Waals surface area contributed by atoms with E-state index >= 15 is 0 Å². The molecule has 1 unspecified atom stereocenters. The zero-order valence-electron chi connectivity index (χ0n) is 16.4. The van der Waals surface area contributed by atoms with E-state index in [4.69, 9.17) is 14.9 Å². The fraction of sp³-hybridized carbons (Fsp3) is 0.500. The van der Waals surface area contributed by atoms with Crippen molar-refractivity contribution >= 4 is 23.4 Å². The van der Waals surface area contributed by atoms with Crippen molar-refractivity contribution in [2.75, 3.05) is 26.3 Å². The second-order valence-corrected chi connectivity index (χ2v) is 7.31. The van der Waals surface area contributed by atoms with Crippen LogP contribution >= 0.6 is 0 Å². The van der Waals surface area contributed by atoms with Gasteiger partial charge in [-0.15, -0.1) is 0 Å². The van der Waals surface area contributed by atoms with Gasteiger partial charge < -0.3 is 13.9 Å². The third-order valence-electron chi connectivity index (χ3n) is 5.22. The number of aromatic nitrogens is 2. The van der Waals surface area contributed by atoms with Crippen LogP contribution in [-0.4, -0.2) is 58.5 Å². The maximum Gasteiger partial charge on any atom is 0.393 e. The van der Waals surface area contributed by atoms with Crippen molar-refractivity contribution in [2.24, 2.45) is 0 Å². The van der Waals surface area contributed by atoms with Gasteiger partial charge in [0.1, 0.15) is 12.3 Å². The molecule has 0 spiro atoms. The monoisotopic (exact) mass is 399 g/mol. The van der Waals surface area contributed by atoms with Gasteiger partial charge in [-0.1, -0.05) is 6.07 Å². The predicted molar refractivity (Wildman–Crippen MR) is 105 cm³/mol. The molecule has 1 aliphatic carbocycles. The summed E-state index contributed by atoms with van der Waals surface area (Å²) in [7, 11) is 0. The van der Waals surface area contributed by atoms with Crippen LogP contribution in [0, 0.1) is 5.41 Å². The third-order valence-corrected chi connectivity index (χ3v) is 5.22. The molecule has 0 radical (unpaired) electrons. The smallest absolute Gasteiger partial charge is 0.393 e. The standard InChI is InChI=1S/C20H25N5O4/c1-2-28-18(21)20(27)29-10-8-22-25-9-7-15(19(25)26)16-12-24-11-14(13-3-4-13)5-6-17(24)23-16/h5-6,11-13,15,21-22H,2-4,7-10H2,1H3. The number of pyridine rings is 1. The van der Waals surface area contributed by atoms with Gasteiger partial charge in [0, 0.05) is 25.5 Å². The number of nitrogens with zero attached hydrogens (tertiary/aromatic N) is 3. The fourth-order valence-corrected chi connectivity index (χ4v) is 3.56. The molecule has 29 heavy (non-hydrogen) atoms. The van der Waals surface area contributed by atoms with Gasteiger partial charge in [0.15, 0.2) is 0 Å². The molecular weight excluding hydrogens is 374 g/mol. The topological polar surface area (TPSA) is 109 Å². The number of carbonyl (C=O) groups is 2. The molecule has 4 rings (SSSR count). The highest BCUT2D eigenvalue weighted by molar-refractivity contribution is 6.31. The average Bonchev–Trinajstić information content (AvgIpc) is 3.38. The van der Waals surface area contributed by atoms with E-state index in [0.29, 0.717) is 18.9 Å². The molecule has 1 aliphatic heterocycles. The minimum absolute atomic E-state index is 0.0378. The van der Waals surface area contributed by atoms with Crippen molar-refractivity contribution in [1.29, 1.82) is 5.41 Å². The molecule has 9 nitrogen and oxygen atoms in total. The van der Waals surface area contributed by atoms with Crippen molar-refractivity contribution in [3.63, 3.8) is 0 Å². The molecule has 0 aromatic carbocycles. The lowest BCUT2D eigenvalue weighted by Crippen LogP contribution is -2.42. The summed E-state index contributed by atoms with van der Waals surface area (Å²) in [6.07, 6.45) is 7.25. The summed E-state index contributed by atoms with van der Waals surface area (Å²) < 4.78 is 11.7. The molecule has 2 aromatic rings. The molecule has 0 bridgehead atoms. The molecule has 1 atom stereocenters. The predicted octanol–water partition coefficient (Wildman–Crippen LogP) is 1.59. The quantitative estimate of drug-likeness (QED) is 0.317. The van der Waals surface area contributed by atoms with Gasteiger partial charge in [-0.3, -0.25) is 15.2 Å². The Kier molecular flexibility index (Phi) is 5.48. The Balaban J connectivity index is 1.30. The average molecular weight is 399 g/mol. The molecule has 3 heterocycles. The Labute approximate surface area is 168 Å². The summed E-state index contributed by atoms with van der Waals surface area (Å²) >= 11 is 0. The highest BCUT2D eigenvalue weighted by Crippen LogP contribution is 2.40. The van der Waals surface area contributed by atoms with Gasteiger partial charge in [-0.25, -0.2) is 15.2 Å². The van der Waals surface area contributed by atoms with Crippen LogP contribution in [0.5, 0.6) is 0 Å². The number of rotatable bonds is 7. The van der Waals surface area contributed by atoms with Crippen LogP contribution in [0.4, 0.5) is 0 Å². The SMILES string of the molecule is CCOC(=N)C(=O)OCCNN1CCC(c2cn3cc(C4CC4)ccc3n2)C1=O. The maximum absolute atomic E-state index is 12.7. The van der Waals surface area contributed by atoms with Crippen LogP contribution in [0.25, 0.3) is 5.65 Å². The van der Waals surface area contributed by atoms with Crippen molar-refractivity contribution in [1.82, 2.24) is 19.8 Å². The Hall–Kier alpha value is -2.94. The van der Waals surface area contributed by atoms with E-state index < -0.39 is 11.9 Å². The molecular formula is C20H25N5O4. The summed E-state index contributed by atoms with van der Waals surface area (Å²) in [4.78, 5) is 28.9. The molecule has 9 heteroatoms. The van der Waals surface area contributed by atoms with Crippen LogP contribution in [0.2, 0.25) is 0 Å². The van der Waals surface area contributed by atoms with Gasteiger partial charge in [0.25, 0.3) is 5.90 Å². The normalized spacial score (nSPS) is 19.0. The van der Waals surface area contributed by atoms with Gasteiger partial charge in [-0.2, -0.15) is 0 Å². The highest BCUT2D eigenvalue weighted by atomic mass is 16.6.